The molecule has 1 aromatic heterocycles. The summed E-state index contributed by atoms with van der Waals surface area (Å²) in [6.45, 7) is 3.31. The maximum atomic E-state index is 11.4. The van der Waals surface area contributed by atoms with Crippen molar-refractivity contribution in [2.45, 2.75) is 24.8 Å². The number of thiazole rings is 1. The largest absolute Gasteiger partial charge is 0.356 e. The van der Waals surface area contributed by atoms with Gasteiger partial charge in [-0.25, -0.2) is 13.4 Å². The van der Waals surface area contributed by atoms with Crippen LogP contribution in [0.25, 0.3) is 0 Å². The number of nitrogens with zero attached hydrogens (tertiary/aromatic N) is 2. The summed E-state index contributed by atoms with van der Waals surface area (Å²) in [5.41, 5.74) is 2.07. The van der Waals surface area contributed by atoms with E-state index in [4.69, 9.17) is 0 Å². The molecule has 0 bridgehead atoms. The average molecular weight is 367 g/mol. The Bertz CT molecular complexity index is 796. The van der Waals surface area contributed by atoms with Gasteiger partial charge in [0.05, 0.1) is 15.6 Å². The second-order valence-electron chi connectivity index (χ2n) is 5.38. The molecule has 2 N–H and O–H groups in total. The number of hydrogen-bond donors (Lipinski definition) is 2. The summed E-state index contributed by atoms with van der Waals surface area (Å²) in [7, 11) is -1.44. The highest BCUT2D eigenvalue weighted by atomic mass is 32.2. The number of aromatic nitrogens is 1. The van der Waals surface area contributed by atoms with E-state index in [1.807, 2.05) is 6.92 Å². The van der Waals surface area contributed by atoms with E-state index in [9.17, 15) is 8.42 Å². The van der Waals surface area contributed by atoms with Crippen molar-refractivity contribution in [1.82, 2.24) is 15.6 Å². The lowest BCUT2D eigenvalue weighted by Crippen LogP contribution is -2.37. The summed E-state index contributed by atoms with van der Waals surface area (Å²) in [5.74, 6) is 0.703. The third-order valence-electron chi connectivity index (χ3n) is 3.38. The molecule has 6 nitrogen and oxygen atoms in total. The molecule has 0 unspecified atom stereocenters. The molecular formula is C16H22N4O2S2. The van der Waals surface area contributed by atoms with Crippen LogP contribution in [0.1, 0.15) is 16.3 Å². The first kappa shape index (κ1) is 18.4. The topological polar surface area (TPSA) is 83.4 Å². The lowest BCUT2D eigenvalue weighted by Gasteiger charge is -2.11. The predicted molar refractivity (Wildman–Crippen MR) is 98.3 cm³/mol. The minimum Gasteiger partial charge on any atom is -0.356 e. The van der Waals surface area contributed by atoms with Crippen LogP contribution in [0.2, 0.25) is 0 Å². The van der Waals surface area contributed by atoms with E-state index in [1.165, 1.54) is 6.26 Å². The Hall–Kier alpha value is -1.93. The van der Waals surface area contributed by atoms with Gasteiger partial charge in [0.1, 0.15) is 0 Å². The Balaban J connectivity index is 1.80. The molecule has 0 aliphatic carbocycles. The van der Waals surface area contributed by atoms with E-state index >= 15 is 0 Å². The van der Waals surface area contributed by atoms with Crippen LogP contribution in [-0.2, 0) is 22.8 Å². The molecule has 0 saturated carbocycles. The summed E-state index contributed by atoms with van der Waals surface area (Å²) in [4.78, 5) is 8.93. The first-order valence-corrected chi connectivity index (χ1v) is 10.3. The van der Waals surface area contributed by atoms with Crippen LogP contribution in [0.4, 0.5) is 0 Å². The molecule has 24 heavy (non-hydrogen) atoms. The van der Waals surface area contributed by atoms with Gasteiger partial charge in [-0.3, -0.25) is 4.99 Å². The van der Waals surface area contributed by atoms with Gasteiger partial charge in [-0.1, -0.05) is 12.1 Å². The number of benzene rings is 1. The second kappa shape index (κ2) is 8.25. The molecular weight excluding hydrogens is 344 g/mol. The predicted octanol–water partition coefficient (Wildman–Crippen LogP) is 1.76. The molecule has 0 radical (unpaired) electrons. The monoisotopic (exact) mass is 366 g/mol. The number of nitrogens with one attached hydrogen (secondary N) is 2. The molecule has 1 heterocycles. The number of sulfone groups is 1. The number of aryl methyl sites for hydroxylation is 1. The molecule has 0 fully saturated rings. The Kier molecular flexibility index (Phi) is 6.33. The van der Waals surface area contributed by atoms with Crippen LogP contribution in [0.5, 0.6) is 0 Å². The van der Waals surface area contributed by atoms with Crippen LogP contribution >= 0.6 is 11.3 Å². The first-order valence-electron chi connectivity index (χ1n) is 7.53. The summed E-state index contributed by atoms with van der Waals surface area (Å²) >= 11 is 1.65. The van der Waals surface area contributed by atoms with Crippen LogP contribution in [0.15, 0.2) is 39.5 Å². The Morgan fingerprint density at radius 2 is 1.96 bits per heavy atom. The fourth-order valence-electron chi connectivity index (χ4n) is 2.09. The minimum atomic E-state index is -3.15. The fraction of sp³-hybridized carbons (Fsp3) is 0.375. The average Bonchev–Trinajstić information content (AvgIpc) is 2.95. The lowest BCUT2D eigenvalue weighted by atomic mass is 10.2. The Morgan fingerprint density at radius 1 is 1.25 bits per heavy atom. The lowest BCUT2D eigenvalue weighted by molar-refractivity contribution is 0.602. The van der Waals surface area contributed by atoms with E-state index in [0.717, 1.165) is 29.2 Å². The summed E-state index contributed by atoms with van der Waals surface area (Å²) in [6, 6.07) is 6.84. The normalized spacial score (nSPS) is 12.2. The zero-order chi connectivity index (χ0) is 17.6. The highest BCUT2D eigenvalue weighted by molar-refractivity contribution is 7.90. The fourth-order valence-corrected chi connectivity index (χ4v) is 3.37. The van der Waals surface area contributed by atoms with E-state index < -0.39 is 9.84 Å². The maximum Gasteiger partial charge on any atom is 0.191 e. The highest BCUT2D eigenvalue weighted by Crippen LogP contribution is 2.10. The molecule has 0 aliphatic rings. The highest BCUT2D eigenvalue weighted by Gasteiger charge is 2.06. The number of rotatable bonds is 6. The zero-order valence-corrected chi connectivity index (χ0v) is 15.7. The van der Waals surface area contributed by atoms with Crippen molar-refractivity contribution in [1.29, 1.82) is 0 Å². The van der Waals surface area contributed by atoms with Gasteiger partial charge in [-0.2, -0.15) is 0 Å². The molecule has 0 amide bonds. The molecule has 0 atom stereocenters. The third-order valence-corrected chi connectivity index (χ3v) is 5.33. The van der Waals surface area contributed by atoms with E-state index in [-0.39, 0.29) is 0 Å². The quantitative estimate of drug-likeness (QED) is 0.601. The Morgan fingerprint density at radius 3 is 2.50 bits per heavy atom. The molecule has 2 aromatic rings. The number of hydrogen-bond acceptors (Lipinski definition) is 5. The van der Waals surface area contributed by atoms with E-state index in [0.29, 0.717) is 17.4 Å². The molecule has 8 heteroatoms. The van der Waals surface area contributed by atoms with Crippen LogP contribution in [-0.4, -0.2) is 39.2 Å². The molecule has 1 aromatic carbocycles. The van der Waals surface area contributed by atoms with Gasteiger partial charge in [0, 0.05) is 38.2 Å². The minimum absolute atomic E-state index is 0.326. The van der Waals surface area contributed by atoms with Crippen LogP contribution in [0.3, 0.4) is 0 Å². The van der Waals surface area contributed by atoms with Gasteiger partial charge >= 0.3 is 0 Å². The van der Waals surface area contributed by atoms with Gasteiger partial charge in [0.2, 0.25) is 0 Å². The van der Waals surface area contributed by atoms with E-state index in [1.54, 1.807) is 42.6 Å². The van der Waals surface area contributed by atoms with Gasteiger partial charge in [-0.05, 0) is 24.6 Å². The Labute approximate surface area is 147 Å². The molecule has 0 spiro atoms. The SMILES string of the molecule is CN=C(NCCc1csc(C)n1)NCc1ccc(S(C)(=O)=O)cc1. The summed E-state index contributed by atoms with van der Waals surface area (Å²) in [6.07, 6.45) is 2.05. The van der Waals surface area contributed by atoms with Crippen molar-refractivity contribution >= 4 is 27.1 Å². The summed E-state index contributed by atoms with van der Waals surface area (Å²) in [5, 5.41) is 9.59. The maximum absolute atomic E-state index is 11.4. The molecule has 0 saturated heterocycles. The second-order valence-corrected chi connectivity index (χ2v) is 8.45. The van der Waals surface area contributed by atoms with Gasteiger partial charge in [0.25, 0.3) is 0 Å². The van der Waals surface area contributed by atoms with Crippen molar-refractivity contribution < 1.29 is 8.42 Å². The number of aliphatic imine (C=N–C) groups is 1. The van der Waals surface area contributed by atoms with Crippen molar-refractivity contribution in [3.8, 4) is 0 Å². The third kappa shape index (κ3) is 5.61. The van der Waals surface area contributed by atoms with Gasteiger partial charge in [0.15, 0.2) is 15.8 Å². The van der Waals surface area contributed by atoms with Gasteiger partial charge < -0.3 is 10.6 Å². The first-order chi connectivity index (χ1) is 11.4. The van der Waals surface area contributed by atoms with Crippen molar-refractivity contribution in [3.05, 3.63) is 45.9 Å². The molecule has 2 rings (SSSR count). The van der Waals surface area contributed by atoms with Crippen LogP contribution in [0, 0.1) is 6.92 Å². The van der Waals surface area contributed by atoms with Gasteiger partial charge in [-0.15, -0.1) is 11.3 Å². The standard InChI is InChI=1S/C16H22N4O2S2/c1-12-20-14(11-23-12)8-9-18-16(17-2)19-10-13-4-6-15(7-5-13)24(3,21)22/h4-7,11H,8-10H2,1-3H3,(H2,17,18,19). The molecule has 0 aliphatic heterocycles. The number of guanidine groups is 1. The van der Waals surface area contributed by atoms with Crippen LogP contribution < -0.4 is 10.6 Å². The smallest absolute Gasteiger partial charge is 0.191 e. The van der Waals surface area contributed by atoms with Crippen molar-refractivity contribution in [3.63, 3.8) is 0 Å². The van der Waals surface area contributed by atoms with Crippen molar-refractivity contribution in [2.75, 3.05) is 19.8 Å². The van der Waals surface area contributed by atoms with Crippen molar-refractivity contribution in [2.24, 2.45) is 4.99 Å². The zero-order valence-electron chi connectivity index (χ0n) is 14.0. The summed E-state index contributed by atoms with van der Waals surface area (Å²) < 4.78 is 22.9. The van der Waals surface area contributed by atoms with E-state index in [2.05, 4.69) is 26.0 Å². The molecule has 130 valence electrons.